The van der Waals surface area contributed by atoms with Gasteiger partial charge in [0.05, 0.1) is 0 Å². The van der Waals surface area contributed by atoms with Crippen LogP contribution in [0.5, 0.6) is 0 Å². The van der Waals surface area contributed by atoms with E-state index in [0.29, 0.717) is 0 Å². The molecule has 0 atom stereocenters. The van der Waals surface area contributed by atoms with Gasteiger partial charge < -0.3 is 0 Å². The molecule has 1 rings (SSSR count). The summed E-state index contributed by atoms with van der Waals surface area (Å²) in [5.74, 6) is 0.252. The Bertz CT molecular complexity index is 331. The van der Waals surface area contributed by atoms with Crippen molar-refractivity contribution in [1.82, 2.24) is 0 Å². The molecule has 1 aromatic carbocycles. The van der Waals surface area contributed by atoms with E-state index in [1.165, 1.54) is 5.56 Å². The number of rotatable bonds is 3. The van der Waals surface area contributed by atoms with E-state index >= 15 is 0 Å². The molecule has 0 aromatic heterocycles. The lowest BCUT2D eigenvalue weighted by atomic mass is 10.1. The van der Waals surface area contributed by atoms with Crippen LogP contribution < -0.4 is 0 Å². The molecule has 0 heterocycles. The van der Waals surface area contributed by atoms with E-state index in [1.807, 2.05) is 65.0 Å². The average molecular weight is 218 g/mol. The molecular weight excluding hydrogens is 196 g/mol. The minimum absolute atomic E-state index is 0.0803. The van der Waals surface area contributed by atoms with Crippen molar-refractivity contribution in [3.63, 3.8) is 0 Å². The van der Waals surface area contributed by atoms with Gasteiger partial charge in [-0.3, -0.25) is 4.79 Å². The zero-order chi connectivity index (χ0) is 12.6. The lowest BCUT2D eigenvalue weighted by molar-refractivity contribution is -0.117. The summed E-state index contributed by atoms with van der Waals surface area (Å²) < 4.78 is 0. The molecular formula is C15H22O. The molecule has 0 radical (unpaired) electrons. The quantitative estimate of drug-likeness (QED) is 0.693. The van der Waals surface area contributed by atoms with Gasteiger partial charge in [-0.05, 0) is 18.6 Å². The molecule has 0 aliphatic carbocycles. The Morgan fingerprint density at radius 2 is 1.62 bits per heavy atom. The van der Waals surface area contributed by atoms with Gasteiger partial charge in [0.15, 0.2) is 5.78 Å². The number of ketones is 1. The fourth-order valence-corrected chi connectivity index (χ4v) is 1.05. The fraction of sp³-hybridized carbons (Fsp3) is 0.400. The molecule has 88 valence electrons. The highest BCUT2D eigenvalue weighted by molar-refractivity contribution is 5.94. The third-order valence-corrected chi connectivity index (χ3v) is 2.09. The normalized spacial score (nSPS) is 10.1. The fourth-order valence-electron chi connectivity index (χ4n) is 1.05. The van der Waals surface area contributed by atoms with Crippen LogP contribution in [0.15, 0.2) is 30.3 Å². The molecule has 1 aromatic rings. The number of hydrogen-bond donors (Lipinski definition) is 0. The second-order valence-corrected chi connectivity index (χ2v) is 3.80. The summed E-state index contributed by atoms with van der Waals surface area (Å²) >= 11 is 0. The Balaban J connectivity index is 0.00000106. The van der Waals surface area contributed by atoms with Crippen LogP contribution >= 0.6 is 0 Å². The SMILES string of the molecule is CC.Cc1ccc(/C=C/C(=O)C(C)C)cc1. The van der Waals surface area contributed by atoms with Gasteiger partial charge >= 0.3 is 0 Å². The van der Waals surface area contributed by atoms with Gasteiger partial charge in [0.2, 0.25) is 0 Å². The van der Waals surface area contributed by atoms with Crippen LogP contribution in [0.2, 0.25) is 0 Å². The molecule has 0 N–H and O–H groups in total. The van der Waals surface area contributed by atoms with Crippen LogP contribution in [-0.4, -0.2) is 5.78 Å². The van der Waals surface area contributed by atoms with Crippen LogP contribution in [0.1, 0.15) is 38.8 Å². The van der Waals surface area contributed by atoms with Crippen molar-refractivity contribution >= 4 is 11.9 Å². The summed E-state index contributed by atoms with van der Waals surface area (Å²) in [6, 6.07) is 8.11. The predicted octanol–water partition coefficient (Wildman–Crippen LogP) is 4.26. The number of hydrogen-bond acceptors (Lipinski definition) is 1. The van der Waals surface area contributed by atoms with Crippen LogP contribution in [-0.2, 0) is 4.79 Å². The Labute approximate surface area is 99.2 Å². The molecule has 0 aliphatic rings. The number of carbonyl (C=O) groups excluding carboxylic acids is 1. The summed E-state index contributed by atoms with van der Waals surface area (Å²) in [7, 11) is 0. The van der Waals surface area contributed by atoms with Crippen molar-refractivity contribution in [2.24, 2.45) is 5.92 Å². The van der Waals surface area contributed by atoms with Gasteiger partial charge in [-0.15, -0.1) is 0 Å². The minimum Gasteiger partial charge on any atom is -0.295 e. The second kappa shape index (κ2) is 7.86. The zero-order valence-electron chi connectivity index (χ0n) is 10.9. The maximum Gasteiger partial charge on any atom is 0.158 e. The molecule has 0 spiro atoms. The van der Waals surface area contributed by atoms with Gasteiger partial charge in [0, 0.05) is 5.92 Å². The highest BCUT2D eigenvalue weighted by atomic mass is 16.1. The first-order chi connectivity index (χ1) is 7.59. The first-order valence-electron chi connectivity index (χ1n) is 5.88. The lowest BCUT2D eigenvalue weighted by Crippen LogP contribution is -2.01. The van der Waals surface area contributed by atoms with Gasteiger partial charge in [-0.2, -0.15) is 0 Å². The summed E-state index contributed by atoms with van der Waals surface area (Å²) in [6.45, 7) is 9.86. The van der Waals surface area contributed by atoms with Crippen molar-refractivity contribution in [1.29, 1.82) is 0 Å². The third kappa shape index (κ3) is 5.50. The summed E-state index contributed by atoms with van der Waals surface area (Å²) in [6.07, 6.45) is 3.51. The molecule has 0 aliphatic heterocycles. The maximum absolute atomic E-state index is 11.3. The summed E-state index contributed by atoms with van der Waals surface area (Å²) in [5, 5.41) is 0. The van der Waals surface area contributed by atoms with E-state index in [9.17, 15) is 4.79 Å². The Kier molecular flexibility index (Phi) is 7.19. The molecule has 16 heavy (non-hydrogen) atoms. The molecule has 0 saturated carbocycles. The zero-order valence-corrected chi connectivity index (χ0v) is 10.9. The number of benzene rings is 1. The molecule has 1 nitrogen and oxygen atoms in total. The Morgan fingerprint density at radius 3 is 2.06 bits per heavy atom. The second-order valence-electron chi connectivity index (χ2n) is 3.80. The number of carbonyl (C=O) groups is 1. The predicted molar refractivity (Wildman–Crippen MR) is 71.4 cm³/mol. The Morgan fingerprint density at radius 1 is 1.12 bits per heavy atom. The van der Waals surface area contributed by atoms with E-state index in [-0.39, 0.29) is 11.7 Å². The van der Waals surface area contributed by atoms with Crippen molar-refractivity contribution in [2.75, 3.05) is 0 Å². The van der Waals surface area contributed by atoms with Crippen molar-refractivity contribution < 1.29 is 4.79 Å². The van der Waals surface area contributed by atoms with Crippen molar-refractivity contribution in [2.45, 2.75) is 34.6 Å². The monoisotopic (exact) mass is 218 g/mol. The average Bonchev–Trinajstić information content (AvgIpc) is 2.30. The van der Waals surface area contributed by atoms with Gasteiger partial charge in [0.1, 0.15) is 0 Å². The first-order valence-corrected chi connectivity index (χ1v) is 5.88. The van der Waals surface area contributed by atoms with E-state index in [2.05, 4.69) is 0 Å². The van der Waals surface area contributed by atoms with E-state index in [4.69, 9.17) is 0 Å². The van der Waals surface area contributed by atoms with E-state index in [1.54, 1.807) is 6.08 Å². The largest absolute Gasteiger partial charge is 0.295 e. The minimum atomic E-state index is 0.0803. The van der Waals surface area contributed by atoms with E-state index < -0.39 is 0 Å². The van der Waals surface area contributed by atoms with Gasteiger partial charge in [-0.25, -0.2) is 0 Å². The van der Waals surface area contributed by atoms with E-state index in [0.717, 1.165) is 5.56 Å². The highest BCUT2D eigenvalue weighted by Gasteiger charge is 2.00. The van der Waals surface area contributed by atoms with Gasteiger partial charge in [0.25, 0.3) is 0 Å². The molecule has 1 heteroatoms. The molecule has 0 bridgehead atoms. The number of allylic oxidation sites excluding steroid dienone is 1. The van der Waals surface area contributed by atoms with Crippen LogP contribution in [0, 0.1) is 12.8 Å². The molecule has 0 fully saturated rings. The summed E-state index contributed by atoms with van der Waals surface area (Å²) in [4.78, 5) is 11.3. The highest BCUT2D eigenvalue weighted by Crippen LogP contribution is 2.06. The standard InChI is InChI=1S/C13H16O.C2H6/c1-10(2)13(14)9-8-12-6-4-11(3)5-7-12;1-2/h4-10H,1-3H3;1-2H3/b9-8+;. The van der Waals surface area contributed by atoms with Crippen molar-refractivity contribution in [3.8, 4) is 0 Å². The smallest absolute Gasteiger partial charge is 0.158 e. The topological polar surface area (TPSA) is 17.1 Å². The van der Waals surface area contributed by atoms with Crippen molar-refractivity contribution in [3.05, 3.63) is 41.5 Å². The number of aryl methyl sites for hydroxylation is 1. The lowest BCUT2D eigenvalue weighted by Gasteiger charge is -1.97. The van der Waals surface area contributed by atoms with Gasteiger partial charge in [-0.1, -0.05) is 63.6 Å². The molecule has 0 unspecified atom stereocenters. The summed E-state index contributed by atoms with van der Waals surface area (Å²) in [5.41, 5.74) is 2.31. The first kappa shape index (κ1) is 14.6. The van der Waals surface area contributed by atoms with Crippen LogP contribution in [0.4, 0.5) is 0 Å². The third-order valence-electron chi connectivity index (χ3n) is 2.09. The Hall–Kier alpha value is -1.37. The molecule has 0 saturated heterocycles. The molecule has 0 amide bonds. The maximum atomic E-state index is 11.3. The van der Waals surface area contributed by atoms with Crippen LogP contribution in [0.3, 0.4) is 0 Å². The van der Waals surface area contributed by atoms with Crippen LogP contribution in [0.25, 0.3) is 6.08 Å².